The van der Waals surface area contributed by atoms with Crippen LogP contribution in [0.2, 0.25) is 0 Å². The number of hydrogen-bond donors (Lipinski definition) is 0. The fraction of sp³-hybridized carbons (Fsp3) is 0.769. The van der Waals surface area contributed by atoms with Crippen LogP contribution in [0.25, 0.3) is 0 Å². The summed E-state index contributed by atoms with van der Waals surface area (Å²) in [5.41, 5.74) is 0. The molecule has 2 atom stereocenters. The Kier molecular flexibility index (Phi) is 3.85. The molecule has 1 saturated heterocycles. The summed E-state index contributed by atoms with van der Waals surface area (Å²) in [6.45, 7) is 0.644. The van der Waals surface area contributed by atoms with Gasteiger partial charge in [0.05, 0.1) is 6.07 Å². The number of likely N-dealkylation sites (tertiary alicyclic amines) is 1. The summed E-state index contributed by atoms with van der Waals surface area (Å²) in [5.74, 6) is 0.519. The van der Waals surface area contributed by atoms with Crippen molar-refractivity contribution in [2.24, 2.45) is 5.92 Å². The van der Waals surface area contributed by atoms with E-state index in [4.69, 9.17) is 5.26 Å². The van der Waals surface area contributed by atoms with Gasteiger partial charge in [-0.3, -0.25) is 9.59 Å². The van der Waals surface area contributed by atoms with Crippen molar-refractivity contribution in [3.63, 3.8) is 0 Å². The summed E-state index contributed by atoms with van der Waals surface area (Å²) in [6, 6.07) is 1.48. The van der Waals surface area contributed by atoms with Gasteiger partial charge >= 0.3 is 0 Å². The molecule has 2 rings (SSSR count). The van der Waals surface area contributed by atoms with Gasteiger partial charge in [-0.15, -0.1) is 0 Å². The number of likely N-dealkylation sites (N-methyl/N-ethyl adjacent to an activating group) is 1. The van der Waals surface area contributed by atoms with E-state index in [-0.39, 0.29) is 18.0 Å². The highest BCUT2D eigenvalue weighted by Gasteiger charge is 2.37. The van der Waals surface area contributed by atoms with Crippen molar-refractivity contribution in [1.82, 2.24) is 9.80 Å². The van der Waals surface area contributed by atoms with Gasteiger partial charge in [-0.2, -0.15) is 5.26 Å². The maximum Gasteiger partial charge on any atom is 0.246 e. The molecule has 1 heterocycles. The van der Waals surface area contributed by atoms with Crippen molar-refractivity contribution in [2.45, 2.75) is 44.2 Å². The number of carbonyl (C=O) groups excluding carboxylic acids is 2. The molecule has 0 radical (unpaired) electrons. The first kappa shape index (κ1) is 12.9. The summed E-state index contributed by atoms with van der Waals surface area (Å²) in [5, 5.41) is 9.03. The first-order chi connectivity index (χ1) is 8.67. The molecule has 5 heteroatoms. The van der Waals surface area contributed by atoms with Crippen LogP contribution in [0.5, 0.6) is 0 Å². The van der Waals surface area contributed by atoms with Gasteiger partial charge in [0.2, 0.25) is 12.3 Å². The Morgan fingerprint density at radius 1 is 1.56 bits per heavy atom. The van der Waals surface area contributed by atoms with Crippen LogP contribution in [-0.4, -0.2) is 47.8 Å². The van der Waals surface area contributed by atoms with E-state index in [1.807, 2.05) is 0 Å². The molecule has 0 bridgehead atoms. The van der Waals surface area contributed by atoms with Gasteiger partial charge in [0.25, 0.3) is 0 Å². The van der Waals surface area contributed by atoms with Gasteiger partial charge in [0.15, 0.2) is 0 Å². The highest BCUT2D eigenvalue weighted by Crippen LogP contribution is 2.35. The molecule has 0 aromatic heterocycles. The topological polar surface area (TPSA) is 64.4 Å². The van der Waals surface area contributed by atoms with Gasteiger partial charge in [-0.05, 0) is 25.2 Å². The second-order valence-electron chi connectivity index (χ2n) is 5.28. The normalized spacial score (nSPS) is 24.4. The fourth-order valence-electron chi connectivity index (χ4n) is 2.54. The van der Waals surface area contributed by atoms with Crippen molar-refractivity contribution in [2.75, 3.05) is 13.6 Å². The van der Waals surface area contributed by atoms with Crippen molar-refractivity contribution >= 4 is 12.3 Å². The van der Waals surface area contributed by atoms with E-state index >= 15 is 0 Å². The summed E-state index contributed by atoms with van der Waals surface area (Å²) in [7, 11) is 1.65. The number of nitrogens with zero attached hydrogens (tertiary/aromatic N) is 3. The monoisotopic (exact) mass is 249 g/mol. The standard InChI is InChI=1S/C13H19N3O2/c1-15(9-17)12(7-10-4-5-10)13(18)16-6-2-3-11(16)8-14/h9-12H,2-7H2,1H3. The molecule has 5 nitrogen and oxygen atoms in total. The average Bonchev–Trinajstić information content (AvgIpc) is 3.08. The lowest BCUT2D eigenvalue weighted by Crippen LogP contribution is -2.48. The van der Waals surface area contributed by atoms with E-state index in [0.29, 0.717) is 18.9 Å². The highest BCUT2D eigenvalue weighted by atomic mass is 16.2. The van der Waals surface area contributed by atoms with Crippen LogP contribution in [0, 0.1) is 17.2 Å². The van der Waals surface area contributed by atoms with Crippen LogP contribution >= 0.6 is 0 Å². The van der Waals surface area contributed by atoms with Crippen molar-refractivity contribution in [3.05, 3.63) is 0 Å². The van der Waals surface area contributed by atoms with E-state index < -0.39 is 0 Å². The molecule has 2 amide bonds. The molecule has 0 aromatic carbocycles. The molecule has 0 N–H and O–H groups in total. The Morgan fingerprint density at radius 3 is 2.83 bits per heavy atom. The van der Waals surface area contributed by atoms with E-state index in [2.05, 4.69) is 6.07 Å². The molecule has 98 valence electrons. The SMILES string of the molecule is CN(C=O)C(CC1CC1)C(=O)N1CCCC1C#N. The lowest BCUT2D eigenvalue weighted by atomic mass is 10.1. The van der Waals surface area contributed by atoms with E-state index in [9.17, 15) is 9.59 Å². The third kappa shape index (κ3) is 2.63. The molecule has 1 aliphatic heterocycles. The van der Waals surface area contributed by atoms with Gasteiger partial charge < -0.3 is 9.80 Å². The van der Waals surface area contributed by atoms with Gasteiger partial charge in [-0.1, -0.05) is 12.8 Å². The zero-order valence-electron chi connectivity index (χ0n) is 10.7. The van der Waals surface area contributed by atoms with E-state index in [1.54, 1.807) is 11.9 Å². The highest BCUT2D eigenvalue weighted by molar-refractivity contribution is 5.84. The number of nitriles is 1. The van der Waals surface area contributed by atoms with E-state index in [0.717, 1.165) is 32.1 Å². The fourth-order valence-corrected chi connectivity index (χ4v) is 2.54. The predicted octanol–water partition coefficient (Wildman–Crippen LogP) is 0.758. The summed E-state index contributed by atoms with van der Waals surface area (Å²) < 4.78 is 0. The predicted molar refractivity (Wildman–Crippen MR) is 65.3 cm³/mol. The summed E-state index contributed by atoms with van der Waals surface area (Å²) >= 11 is 0. The van der Waals surface area contributed by atoms with Crippen LogP contribution in [0.1, 0.15) is 32.1 Å². The molecule has 1 saturated carbocycles. The average molecular weight is 249 g/mol. The molecule has 2 aliphatic rings. The number of hydrogen-bond acceptors (Lipinski definition) is 3. The zero-order chi connectivity index (χ0) is 13.1. The van der Waals surface area contributed by atoms with Crippen molar-refractivity contribution in [3.8, 4) is 6.07 Å². The Labute approximate surface area is 107 Å². The van der Waals surface area contributed by atoms with Crippen LogP contribution in [0.3, 0.4) is 0 Å². The first-order valence-electron chi connectivity index (χ1n) is 6.54. The number of carbonyl (C=O) groups is 2. The Morgan fingerprint density at radius 2 is 2.28 bits per heavy atom. The zero-order valence-corrected chi connectivity index (χ0v) is 10.7. The summed E-state index contributed by atoms with van der Waals surface area (Å²) in [6.07, 6.45) is 5.38. The van der Waals surface area contributed by atoms with Crippen molar-refractivity contribution in [1.29, 1.82) is 5.26 Å². The second-order valence-corrected chi connectivity index (χ2v) is 5.28. The van der Waals surface area contributed by atoms with Crippen molar-refractivity contribution < 1.29 is 9.59 Å². The van der Waals surface area contributed by atoms with Crippen LogP contribution in [0.15, 0.2) is 0 Å². The third-order valence-electron chi connectivity index (χ3n) is 3.88. The van der Waals surface area contributed by atoms with Gasteiger partial charge in [0, 0.05) is 13.6 Å². The number of amides is 2. The Bertz CT molecular complexity index is 373. The molecular formula is C13H19N3O2. The van der Waals surface area contributed by atoms with Gasteiger partial charge in [0.1, 0.15) is 12.1 Å². The molecular weight excluding hydrogens is 230 g/mol. The van der Waals surface area contributed by atoms with Gasteiger partial charge in [-0.25, -0.2) is 0 Å². The minimum absolute atomic E-state index is 0.0550. The first-order valence-corrected chi connectivity index (χ1v) is 6.54. The lowest BCUT2D eigenvalue weighted by molar-refractivity contribution is -0.140. The molecule has 2 unspecified atom stereocenters. The molecule has 18 heavy (non-hydrogen) atoms. The minimum Gasteiger partial charge on any atom is -0.336 e. The quantitative estimate of drug-likeness (QED) is 0.676. The summed E-state index contributed by atoms with van der Waals surface area (Å²) in [4.78, 5) is 26.5. The smallest absolute Gasteiger partial charge is 0.246 e. The maximum absolute atomic E-state index is 12.5. The second kappa shape index (κ2) is 5.38. The molecule has 0 aromatic rings. The molecule has 1 aliphatic carbocycles. The molecule has 0 spiro atoms. The molecule has 2 fully saturated rings. The van der Waals surface area contributed by atoms with E-state index in [1.165, 1.54) is 4.90 Å². The van der Waals surface area contributed by atoms with Crippen LogP contribution in [0.4, 0.5) is 0 Å². The third-order valence-corrected chi connectivity index (χ3v) is 3.88. The minimum atomic E-state index is -0.385. The Hall–Kier alpha value is -1.57. The lowest BCUT2D eigenvalue weighted by Gasteiger charge is -2.29. The van der Waals surface area contributed by atoms with Crippen LogP contribution in [-0.2, 0) is 9.59 Å². The Balaban J connectivity index is 2.06. The van der Waals surface area contributed by atoms with Crippen LogP contribution < -0.4 is 0 Å². The largest absolute Gasteiger partial charge is 0.336 e. The maximum atomic E-state index is 12.5. The number of rotatable bonds is 5.